The van der Waals surface area contributed by atoms with Crippen LogP contribution in [-0.4, -0.2) is 47.6 Å². The fraction of sp³-hybridized carbons (Fsp3) is 0.474. The van der Waals surface area contributed by atoms with E-state index in [-0.39, 0.29) is 23.5 Å². The van der Waals surface area contributed by atoms with E-state index in [0.717, 1.165) is 17.0 Å². The summed E-state index contributed by atoms with van der Waals surface area (Å²) in [6, 6.07) is 4.30. The highest BCUT2D eigenvalue weighted by atomic mass is 32.2. The summed E-state index contributed by atoms with van der Waals surface area (Å²) in [4.78, 5) is 14.2. The van der Waals surface area contributed by atoms with Crippen LogP contribution < -0.4 is 0 Å². The first-order valence-corrected chi connectivity index (χ1v) is 10.7. The molecule has 1 aliphatic rings. The van der Waals surface area contributed by atoms with Gasteiger partial charge in [-0.15, -0.1) is 0 Å². The third-order valence-electron chi connectivity index (χ3n) is 5.19. The number of rotatable bonds is 4. The minimum Gasteiger partial charge on any atom is -0.337 e. The predicted octanol–water partition coefficient (Wildman–Crippen LogP) is 2.58. The second-order valence-electron chi connectivity index (χ2n) is 7.28. The molecule has 146 valence electrons. The van der Waals surface area contributed by atoms with E-state index in [2.05, 4.69) is 5.10 Å². The summed E-state index contributed by atoms with van der Waals surface area (Å²) in [5, 5.41) is 4.52. The summed E-state index contributed by atoms with van der Waals surface area (Å²) in [6.07, 6.45) is 0.557. The highest BCUT2D eigenvalue weighted by molar-refractivity contribution is 7.91. The molecule has 0 bridgehead atoms. The number of benzene rings is 1. The lowest BCUT2D eigenvalue weighted by Crippen LogP contribution is -2.27. The second-order valence-corrected chi connectivity index (χ2v) is 9.50. The average molecular weight is 393 g/mol. The Morgan fingerprint density at radius 3 is 2.63 bits per heavy atom. The van der Waals surface area contributed by atoms with E-state index >= 15 is 0 Å². The number of aryl methyl sites for hydroxylation is 2. The van der Waals surface area contributed by atoms with Crippen LogP contribution in [0.3, 0.4) is 0 Å². The Morgan fingerprint density at radius 2 is 2.04 bits per heavy atom. The molecule has 2 heterocycles. The van der Waals surface area contributed by atoms with Crippen LogP contribution in [0, 0.1) is 26.6 Å². The number of sulfone groups is 1. The summed E-state index contributed by atoms with van der Waals surface area (Å²) in [5.41, 5.74) is 3.32. The Balaban J connectivity index is 1.81. The zero-order valence-corrected chi connectivity index (χ0v) is 16.8. The number of halogens is 1. The van der Waals surface area contributed by atoms with Crippen molar-refractivity contribution < 1.29 is 17.6 Å². The van der Waals surface area contributed by atoms with Crippen LogP contribution in [0.25, 0.3) is 0 Å². The van der Waals surface area contributed by atoms with Crippen molar-refractivity contribution >= 4 is 15.7 Å². The summed E-state index contributed by atoms with van der Waals surface area (Å²) in [7, 11) is -1.34. The number of carbonyl (C=O) groups is 1. The van der Waals surface area contributed by atoms with Crippen molar-refractivity contribution in [3.63, 3.8) is 0 Å². The van der Waals surface area contributed by atoms with Crippen LogP contribution in [0.5, 0.6) is 0 Å². The molecule has 0 aliphatic carbocycles. The third-order valence-corrected chi connectivity index (χ3v) is 6.94. The van der Waals surface area contributed by atoms with E-state index in [1.165, 1.54) is 11.0 Å². The number of hydrogen-bond donors (Lipinski definition) is 0. The maximum absolute atomic E-state index is 13.8. The Hall–Kier alpha value is -2.22. The second kappa shape index (κ2) is 7.07. The smallest absolute Gasteiger partial charge is 0.254 e. The molecule has 1 atom stereocenters. The number of aromatic nitrogens is 2. The molecule has 27 heavy (non-hydrogen) atoms. The highest BCUT2D eigenvalue weighted by Gasteiger charge is 2.31. The minimum atomic E-state index is -3.01. The molecule has 0 radical (unpaired) electrons. The summed E-state index contributed by atoms with van der Waals surface area (Å²) < 4.78 is 39.1. The first kappa shape index (κ1) is 19.5. The van der Waals surface area contributed by atoms with E-state index < -0.39 is 15.7 Å². The predicted molar refractivity (Wildman–Crippen MR) is 101 cm³/mol. The molecular formula is C19H24FN3O3S. The lowest BCUT2D eigenvalue weighted by Gasteiger charge is -2.18. The molecule has 3 rings (SSSR count). The van der Waals surface area contributed by atoms with Gasteiger partial charge in [0.05, 0.1) is 23.2 Å². The van der Waals surface area contributed by atoms with Crippen LogP contribution in [-0.2, 0) is 16.4 Å². The van der Waals surface area contributed by atoms with Gasteiger partial charge in [-0.05, 0) is 44.9 Å². The van der Waals surface area contributed by atoms with E-state index in [1.807, 2.05) is 13.8 Å². The standard InChI is InChI=1S/C19H24FN3O3S/c1-12-5-6-15(9-18(12)20)19(24)22(4)10-17-13(2)21-23(14(17)3)16-7-8-27(25,26)11-16/h5-6,9,16H,7-8,10-11H2,1-4H3. The molecule has 0 N–H and O–H groups in total. The van der Waals surface area contributed by atoms with Crippen molar-refractivity contribution in [1.29, 1.82) is 0 Å². The van der Waals surface area contributed by atoms with Gasteiger partial charge in [-0.25, -0.2) is 12.8 Å². The van der Waals surface area contributed by atoms with Gasteiger partial charge in [-0.3, -0.25) is 9.48 Å². The normalized spacial score (nSPS) is 18.6. The molecule has 2 aromatic rings. The first-order chi connectivity index (χ1) is 12.6. The van der Waals surface area contributed by atoms with Gasteiger partial charge in [0, 0.05) is 30.4 Å². The van der Waals surface area contributed by atoms with Crippen molar-refractivity contribution in [2.45, 2.75) is 39.8 Å². The van der Waals surface area contributed by atoms with E-state index in [0.29, 0.717) is 24.1 Å². The SMILES string of the molecule is Cc1ccc(C(=O)N(C)Cc2c(C)nn(C3CCS(=O)(=O)C3)c2C)cc1F. The Bertz CT molecular complexity index is 998. The van der Waals surface area contributed by atoms with Gasteiger partial charge in [0.1, 0.15) is 5.82 Å². The van der Waals surface area contributed by atoms with Gasteiger partial charge in [0.2, 0.25) is 0 Å². The van der Waals surface area contributed by atoms with Crippen LogP contribution in [0.4, 0.5) is 4.39 Å². The van der Waals surface area contributed by atoms with Gasteiger partial charge in [0.15, 0.2) is 9.84 Å². The molecule has 1 aliphatic heterocycles. The Labute approximate surface area is 158 Å². The molecule has 0 spiro atoms. The van der Waals surface area contributed by atoms with Gasteiger partial charge < -0.3 is 4.90 Å². The molecule has 1 saturated heterocycles. The van der Waals surface area contributed by atoms with Crippen molar-refractivity contribution in [3.8, 4) is 0 Å². The zero-order valence-electron chi connectivity index (χ0n) is 16.0. The third kappa shape index (κ3) is 3.90. The molecular weight excluding hydrogens is 369 g/mol. The fourth-order valence-electron chi connectivity index (χ4n) is 3.50. The summed E-state index contributed by atoms with van der Waals surface area (Å²) >= 11 is 0. The average Bonchev–Trinajstić information content (AvgIpc) is 3.10. The van der Waals surface area contributed by atoms with Crippen LogP contribution in [0.1, 0.15) is 45.3 Å². The van der Waals surface area contributed by atoms with Crippen LogP contribution in [0.2, 0.25) is 0 Å². The van der Waals surface area contributed by atoms with Gasteiger partial charge >= 0.3 is 0 Å². The van der Waals surface area contributed by atoms with Crippen LogP contribution >= 0.6 is 0 Å². The molecule has 8 heteroatoms. The van der Waals surface area contributed by atoms with E-state index in [4.69, 9.17) is 0 Å². The number of carbonyl (C=O) groups excluding carboxylic acids is 1. The molecule has 6 nitrogen and oxygen atoms in total. The Morgan fingerprint density at radius 1 is 1.33 bits per heavy atom. The van der Waals surface area contributed by atoms with E-state index in [9.17, 15) is 17.6 Å². The molecule has 1 aromatic carbocycles. The largest absolute Gasteiger partial charge is 0.337 e. The van der Waals surface area contributed by atoms with E-state index in [1.54, 1.807) is 30.8 Å². The van der Waals surface area contributed by atoms with Crippen molar-refractivity contribution in [3.05, 3.63) is 52.1 Å². The Kier molecular flexibility index (Phi) is 5.12. The lowest BCUT2D eigenvalue weighted by molar-refractivity contribution is 0.0784. The van der Waals surface area contributed by atoms with Gasteiger partial charge in [0.25, 0.3) is 5.91 Å². The molecule has 0 saturated carbocycles. The maximum atomic E-state index is 13.8. The molecule has 1 aromatic heterocycles. The fourth-order valence-corrected chi connectivity index (χ4v) is 5.20. The summed E-state index contributed by atoms with van der Waals surface area (Å²) in [5.74, 6) is -0.394. The molecule has 1 unspecified atom stereocenters. The quantitative estimate of drug-likeness (QED) is 0.800. The van der Waals surface area contributed by atoms with Gasteiger partial charge in [-0.2, -0.15) is 5.10 Å². The van der Waals surface area contributed by atoms with Crippen molar-refractivity contribution in [1.82, 2.24) is 14.7 Å². The molecule has 1 amide bonds. The van der Waals surface area contributed by atoms with Crippen molar-refractivity contribution in [2.75, 3.05) is 18.6 Å². The lowest BCUT2D eigenvalue weighted by atomic mass is 10.1. The maximum Gasteiger partial charge on any atom is 0.254 e. The molecule has 1 fully saturated rings. The number of hydrogen-bond acceptors (Lipinski definition) is 4. The summed E-state index contributed by atoms with van der Waals surface area (Å²) in [6.45, 7) is 5.72. The van der Waals surface area contributed by atoms with Crippen LogP contribution in [0.15, 0.2) is 18.2 Å². The zero-order chi connectivity index (χ0) is 19.9. The first-order valence-electron chi connectivity index (χ1n) is 8.85. The highest BCUT2D eigenvalue weighted by Crippen LogP contribution is 2.27. The monoisotopic (exact) mass is 393 g/mol. The topological polar surface area (TPSA) is 72.3 Å². The van der Waals surface area contributed by atoms with Gasteiger partial charge in [-0.1, -0.05) is 6.07 Å². The minimum absolute atomic E-state index is 0.103. The van der Waals surface area contributed by atoms with Crippen molar-refractivity contribution in [2.24, 2.45) is 0 Å². The number of nitrogens with zero attached hydrogens (tertiary/aromatic N) is 3. The number of amides is 1.